The van der Waals surface area contributed by atoms with Crippen molar-refractivity contribution in [2.45, 2.75) is 39.8 Å². The number of halogens is 1. The predicted octanol–water partition coefficient (Wildman–Crippen LogP) is 4.52. The number of hydrogen-bond donors (Lipinski definition) is 1. The van der Waals surface area contributed by atoms with E-state index in [1.54, 1.807) is 11.3 Å². The first-order chi connectivity index (χ1) is 9.10. The summed E-state index contributed by atoms with van der Waals surface area (Å²) in [6.07, 6.45) is 3.03. The molecule has 2 aromatic rings. The van der Waals surface area contributed by atoms with Crippen molar-refractivity contribution in [3.8, 4) is 0 Å². The van der Waals surface area contributed by atoms with E-state index in [0.717, 1.165) is 28.6 Å². The molecule has 1 N–H and O–H groups in total. The Bertz CT molecular complexity index is 551. The molecule has 0 radical (unpaired) electrons. The minimum absolute atomic E-state index is 0.269. The van der Waals surface area contributed by atoms with Crippen molar-refractivity contribution >= 4 is 22.9 Å². The first-order valence-corrected chi connectivity index (χ1v) is 7.72. The summed E-state index contributed by atoms with van der Waals surface area (Å²) in [5, 5.41) is 5.46. The van der Waals surface area contributed by atoms with E-state index in [2.05, 4.69) is 36.3 Å². The van der Waals surface area contributed by atoms with Crippen LogP contribution in [0.2, 0.25) is 5.02 Å². The summed E-state index contributed by atoms with van der Waals surface area (Å²) < 4.78 is 0. The smallest absolute Gasteiger partial charge is 0.109 e. The Balaban J connectivity index is 1.95. The zero-order chi connectivity index (χ0) is 13.8. The van der Waals surface area contributed by atoms with Crippen LogP contribution in [0.5, 0.6) is 0 Å². The normalized spacial score (nSPS) is 12.6. The molecule has 0 spiro atoms. The molecule has 1 aromatic heterocycles. The number of benzene rings is 1. The molecule has 0 amide bonds. The van der Waals surface area contributed by atoms with Gasteiger partial charge in [-0.05, 0) is 37.5 Å². The van der Waals surface area contributed by atoms with Gasteiger partial charge in [0, 0.05) is 22.6 Å². The maximum absolute atomic E-state index is 6.13. The van der Waals surface area contributed by atoms with E-state index in [1.807, 2.05) is 19.2 Å². The van der Waals surface area contributed by atoms with E-state index in [9.17, 15) is 0 Å². The van der Waals surface area contributed by atoms with Gasteiger partial charge < -0.3 is 5.32 Å². The van der Waals surface area contributed by atoms with Crippen molar-refractivity contribution in [2.75, 3.05) is 0 Å². The number of thiazole rings is 1. The fourth-order valence-corrected chi connectivity index (χ4v) is 2.88. The second-order valence-electron chi connectivity index (χ2n) is 4.70. The van der Waals surface area contributed by atoms with Gasteiger partial charge in [0.1, 0.15) is 5.01 Å². The Labute approximate surface area is 123 Å². The van der Waals surface area contributed by atoms with E-state index >= 15 is 0 Å². The Morgan fingerprint density at radius 3 is 2.84 bits per heavy atom. The van der Waals surface area contributed by atoms with Gasteiger partial charge in [-0.2, -0.15) is 0 Å². The van der Waals surface area contributed by atoms with Crippen LogP contribution in [0.25, 0.3) is 0 Å². The monoisotopic (exact) mass is 294 g/mol. The highest BCUT2D eigenvalue weighted by Crippen LogP contribution is 2.21. The van der Waals surface area contributed by atoms with Gasteiger partial charge in [-0.3, -0.25) is 0 Å². The Hall–Kier alpha value is -0.900. The van der Waals surface area contributed by atoms with Gasteiger partial charge in [0.05, 0.1) is 6.04 Å². The van der Waals surface area contributed by atoms with E-state index in [0.29, 0.717) is 0 Å². The van der Waals surface area contributed by atoms with Crippen molar-refractivity contribution in [2.24, 2.45) is 0 Å². The molecule has 1 unspecified atom stereocenters. The third kappa shape index (κ3) is 3.78. The maximum Gasteiger partial charge on any atom is 0.109 e. The molecular formula is C15H19ClN2S. The van der Waals surface area contributed by atoms with Crippen LogP contribution in [0.1, 0.15) is 40.9 Å². The van der Waals surface area contributed by atoms with Crippen molar-refractivity contribution < 1.29 is 0 Å². The van der Waals surface area contributed by atoms with Gasteiger partial charge in [-0.25, -0.2) is 4.98 Å². The fraction of sp³-hybridized carbons (Fsp3) is 0.400. The highest BCUT2D eigenvalue weighted by Gasteiger charge is 2.09. The topological polar surface area (TPSA) is 24.9 Å². The predicted molar refractivity (Wildman–Crippen MR) is 82.9 cm³/mol. The molecule has 0 saturated carbocycles. The number of aromatic nitrogens is 1. The van der Waals surface area contributed by atoms with E-state index < -0.39 is 0 Å². The lowest BCUT2D eigenvalue weighted by Gasteiger charge is -2.11. The summed E-state index contributed by atoms with van der Waals surface area (Å²) in [6.45, 7) is 7.13. The van der Waals surface area contributed by atoms with E-state index in [1.165, 1.54) is 10.4 Å². The zero-order valence-electron chi connectivity index (χ0n) is 11.5. The molecule has 0 aliphatic heterocycles. The lowest BCUT2D eigenvalue weighted by atomic mass is 10.1. The van der Waals surface area contributed by atoms with Gasteiger partial charge in [0.2, 0.25) is 0 Å². The summed E-state index contributed by atoms with van der Waals surface area (Å²) in [4.78, 5) is 5.80. The van der Waals surface area contributed by atoms with Crippen LogP contribution in [-0.2, 0) is 13.0 Å². The van der Waals surface area contributed by atoms with Crippen LogP contribution in [0.4, 0.5) is 0 Å². The third-order valence-corrected chi connectivity index (χ3v) is 4.87. The molecule has 0 aliphatic rings. The number of nitrogens with zero attached hydrogens (tertiary/aromatic N) is 1. The largest absolute Gasteiger partial charge is 0.304 e. The molecule has 2 rings (SSSR count). The summed E-state index contributed by atoms with van der Waals surface area (Å²) in [5.41, 5.74) is 2.32. The second kappa shape index (κ2) is 6.51. The lowest BCUT2D eigenvalue weighted by Crippen LogP contribution is -2.17. The quantitative estimate of drug-likeness (QED) is 0.877. The highest BCUT2D eigenvalue weighted by atomic mass is 35.5. The van der Waals surface area contributed by atoms with E-state index in [4.69, 9.17) is 11.6 Å². The zero-order valence-corrected chi connectivity index (χ0v) is 13.1. The summed E-state index contributed by atoms with van der Waals surface area (Å²) >= 11 is 7.91. The van der Waals surface area contributed by atoms with Crippen molar-refractivity contribution in [3.63, 3.8) is 0 Å². The molecule has 0 bridgehead atoms. The van der Waals surface area contributed by atoms with Crippen molar-refractivity contribution in [1.82, 2.24) is 10.3 Å². The minimum atomic E-state index is 0.269. The summed E-state index contributed by atoms with van der Waals surface area (Å²) in [6, 6.07) is 6.46. The Morgan fingerprint density at radius 2 is 2.21 bits per heavy atom. The third-order valence-electron chi connectivity index (χ3n) is 3.14. The molecule has 1 heterocycles. The molecule has 1 atom stereocenters. The molecule has 1 aromatic carbocycles. The van der Waals surface area contributed by atoms with Crippen LogP contribution in [0.15, 0.2) is 24.4 Å². The van der Waals surface area contributed by atoms with Gasteiger partial charge in [0.25, 0.3) is 0 Å². The molecule has 2 nitrogen and oxygen atoms in total. The van der Waals surface area contributed by atoms with Crippen LogP contribution in [0, 0.1) is 6.92 Å². The van der Waals surface area contributed by atoms with Gasteiger partial charge in [-0.1, -0.05) is 30.7 Å². The maximum atomic E-state index is 6.13. The van der Waals surface area contributed by atoms with Crippen LogP contribution in [0.3, 0.4) is 0 Å². The standard InChI is InChI=1S/C15H19ClN2S/c1-4-13-9-18-15(19-13)11(3)17-8-12-6-5-10(2)14(16)7-12/h5-7,9,11,17H,4,8H2,1-3H3. The molecule has 102 valence electrons. The second-order valence-corrected chi connectivity index (χ2v) is 6.26. The average Bonchev–Trinajstić information content (AvgIpc) is 2.88. The molecule has 0 saturated heterocycles. The van der Waals surface area contributed by atoms with Crippen LogP contribution in [-0.4, -0.2) is 4.98 Å². The lowest BCUT2D eigenvalue weighted by molar-refractivity contribution is 0.572. The first kappa shape index (κ1) is 14.5. The molecule has 19 heavy (non-hydrogen) atoms. The average molecular weight is 295 g/mol. The van der Waals surface area contributed by atoms with Gasteiger partial charge in [-0.15, -0.1) is 11.3 Å². The summed E-state index contributed by atoms with van der Waals surface area (Å²) in [7, 11) is 0. The number of rotatable bonds is 5. The molecule has 0 fully saturated rings. The molecule has 0 aliphatic carbocycles. The number of aryl methyl sites for hydroxylation is 2. The Kier molecular flexibility index (Phi) is 4.97. The fourth-order valence-electron chi connectivity index (χ4n) is 1.79. The number of nitrogens with one attached hydrogen (secondary N) is 1. The first-order valence-electron chi connectivity index (χ1n) is 6.53. The molecular weight excluding hydrogens is 276 g/mol. The van der Waals surface area contributed by atoms with Crippen LogP contribution >= 0.6 is 22.9 Å². The van der Waals surface area contributed by atoms with Crippen molar-refractivity contribution in [1.29, 1.82) is 0 Å². The number of hydrogen-bond acceptors (Lipinski definition) is 3. The van der Waals surface area contributed by atoms with Crippen molar-refractivity contribution in [3.05, 3.63) is 50.4 Å². The van der Waals surface area contributed by atoms with E-state index in [-0.39, 0.29) is 6.04 Å². The summed E-state index contributed by atoms with van der Waals surface area (Å²) in [5.74, 6) is 0. The SMILES string of the molecule is CCc1cnc(C(C)NCc2ccc(C)c(Cl)c2)s1. The molecule has 4 heteroatoms. The Morgan fingerprint density at radius 1 is 1.42 bits per heavy atom. The highest BCUT2D eigenvalue weighted by molar-refractivity contribution is 7.11. The van der Waals surface area contributed by atoms with Gasteiger partial charge >= 0.3 is 0 Å². The van der Waals surface area contributed by atoms with Crippen LogP contribution < -0.4 is 5.32 Å². The van der Waals surface area contributed by atoms with Gasteiger partial charge in [0.15, 0.2) is 0 Å². The minimum Gasteiger partial charge on any atom is -0.304 e.